The Morgan fingerprint density at radius 1 is 1.28 bits per heavy atom. The number of carbonyl (C=O) groups excluding carboxylic acids is 1. The third-order valence-electron chi connectivity index (χ3n) is 5.42. The summed E-state index contributed by atoms with van der Waals surface area (Å²) in [7, 11) is 0. The quantitative estimate of drug-likeness (QED) is 0.831. The maximum atomic E-state index is 12.6. The second-order valence-electron chi connectivity index (χ2n) is 7.08. The van der Waals surface area contributed by atoms with Gasteiger partial charge in [-0.2, -0.15) is 0 Å². The average Bonchev–Trinajstić information content (AvgIpc) is 3.17. The van der Waals surface area contributed by atoms with Crippen molar-refractivity contribution in [1.29, 1.82) is 0 Å². The maximum Gasteiger partial charge on any atom is 0.317 e. The molecule has 0 aromatic heterocycles. The molecule has 2 N–H and O–H groups in total. The molecule has 2 saturated heterocycles. The van der Waals surface area contributed by atoms with Crippen molar-refractivity contribution in [3.8, 4) is 5.75 Å². The second-order valence-corrected chi connectivity index (χ2v) is 7.52. The molecule has 6 nitrogen and oxygen atoms in total. The fourth-order valence-corrected chi connectivity index (χ4v) is 4.11. The summed E-state index contributed by atoms with van der Waals surface area (Å²) in [6, 6.07) is 6.36. The molecule has 3 aliphatic rings. The Bertz CT molecular complexity index is 628. The zero-order valence-electron chi connectivity index (χ0n) is 14.3. The van der Waals surface area contributed by atoms with Gasteiger partial charge in [-0.3, -0.25) is 4.90 Å². The molecule has 0 bridgehead atoms. The molecule has 2 fully saturated rings. The molecule has 7 heteroatoms. The van der Waals surface area contributed by atoms with Crippen LogP contribution in [-0.2, 0) is 6.42 Å². The molecular formula is C18H25ClN4O2. The highest BCUT2D eigenvalue weighted by atomic mass is 35.5. The number of hydrogen-bond acceptors (Lipinski definition) is 4. The van der Waals surface area contributed by atoms with Gasteiger partial charge in [0.15, 0.2) is 0 Å². The van der Waals surface area contributed by atoms with Gasteiger partial charge >= 0.3 is 6.03 Å². The minimum absolute atomic E-state index is 0.0123. The van der Waals surface area contributed by atoms with Crippen molar-refractivity contribution in [3.05, 3.63) is 28.8 Å². The van der Waals surface area contributed by atoms with Crippen molar-refractivity contribution >= 4 is 17.6 Å². The monoisotopic (exact) mass is 364 g/mol. The lowest BCUT2D eigenvalue weighted by molar-refractivity contribution is 0.110. The Labute approximate surface area is 153 Å². The smallest absolute Gasteiger partial charge is 0.317 e. The fourth-order valence-electron chi connectivity index (χ4n) is 3.95. The van der Waals surface area contributed by atoms with E-state index >= 15 is 0 Å². The second kappa shape index (κ2) is 7.40. The number of urea groups is 1. The molecule has 0 aliphatic carbocycles. The molecule has 4 rings (SSSR count). The summed E-state index contributed by atoms with van der Waals surface area (Å²) in [5.41, 5.74) is 1.10. The van der Waals surface area contributed by atoms with Crippen LogP contribution in [0.1, 0.15) is 12.0 Å². The van der Waals surface area contributed by atoms with Crippen LogP contribution < -0.4 is 15.4 Å². The zero-order chi connectivity index (χ0) is 17.2. The third-order valence-corrected chi connectivity index (χ3v) is 5.65. The number of rotatable bonds is 2. The molecule has 0 saturated carbocycles. The van der Waals surface area contributed by atoms with Crippen LogP contribution in [0.25, 0.3) is 0 Å². The van der Waals surface area contributed by atoms with Crippen molar-refractivity contribution < 1.29 is 9.53 Å². The molecule has 3 aliphatic heterocycles. The summed E-state index contributed by atoms with van der Waals surface area (Å²) in [6.07, 6.45) is 2.00. The predicted molar refractivity (Wildman–Crippen MR) is 97.4 cm³/mol. The molecular weight excluding hydrogens is 340 g/mol. The molecule has 0 spiro atoms. The molecule has 25 heavy (non-hydrogen) atoms. The Kier molecular flexibility index (Phi) is 5.01. The van der Waals surface area contributed by atoms with Gasteiger partial charge in [0.25, 0.3) is 0 Å². The van der Waals surface area contributed by atoms with Crippen molar-refractivity contribution in [1.82, 2.24) is 20.4 Å². The van der Waals surface area contributed by atoms with Crippen molar-refractivity contribution in [2.24, 2.45) is 0 Å². The fraction of sp³-hybridized carbons (Fsp3) is 0.611. The van der Waals surface area contributed by atoms with E-state index in [0.29, 0.717) is 17.7 Å². The van der Waals surface area contributed by atoms with Crippen LogP contribution >= 0.6 is 11.6 Å². The number of halogens is 1. The number of hydrogen-bond donors (Lipinski definition) is 2. The van der Waals surface area contributed by atoms with Crippen LogP contribution in [0, 0.1) is 0 Å². The van der Waals surface area contributed by atoms with Gasteiger partial charge < -0.3 is 20.3 Å². The van der Waals surface area contributed by atoms with Crippen LogP contribution in [0.4, 0.5) is 4.79 Å². The summed E-state index contributed by atoms with van der Waals surface area (Å²) >= 11 is 5.99. The summed E-state index contributed by atoms with van der Waals surface area (Å²) in [5, 5.41) is 7.22. The zero-order valence-corrected chi connectivity index (χ0v) is 15.1. The molecule has 2 amide bonds. The van der Waals surface area contributed by atoms with E-state index in [9.17, 15) is 4.79 Å². The average molecular weight is 365 g/mol. The predicted octanol–water partition coefficient (Wildman–Crippen LogP) is 1.33. The van der Waals surface area contributed by atoms with E-state index in [1.807, 2.05) is 23.1 Å². The van der Waals surface area contributed by atoms with Crippen molar-refractivity contribution in [3.63, 3.8) is 0 Å². The number of nitrogens with one attached hydrogen (secondary N) is 2. The Morgan fingerprint density at radius 2 is 2.12 bits per heavy atom. The van der Waals surface area contributed by atoms with E-state index < -0.39 is 0 Å². The Morgan fingerprint density at radius 3 is 2.88 bits per heavy atom. The lowest BCUT2D eigenvalue weighted by Crippen LogP contribution is -2.56. The molecule has 1 aromatic rings. The molecule has 3 heterocycles. The Balaban J connectivity index is 1.27. The minimum atomic E-state index is 0.0123. The van der Waals surface area contributed by atoms with Crippen molar-refractivity contribution in [2.45, 2.75) is 24.9 Å². The standard InChI is InChI=1S/C18H25ClN4O2/c19-14-2-1-13-9-15(12-25-17(13)10-14)21-18(24)23-7-5-22(6-8-23)16-3-4-20-11-16/h1-2,10,15-16,20H,3-9,11-12H2,(H,21,24). The van der Waals surface area contributed by atoms with E-state index in [4.69, 9.17) is 16.3 Å². The summed E-state index contributed by atoms with van der Waals surface area (Å²) in [5.74, 6) is 0.830. The van der Waals surface area contributed by atoms with E-state index in [-0.39, 0.29) is 12.1 Å². The van der Waals surface area contributed by atoms with Crippen LogP contribution in [0.3, 0.4) is 0 Å². The molecule has 136 valence electrons. The SMILES string of the molecule is O=C(NC1COc2cc(Cl)ccc2C1)N1CCN(C2CCNC2)CC1. The summed E-state index contributed by atoms with van der Waals surface area (Å²) in [4.78, 5) is 17.0. The number of carbonyl (C=O) groups is 1. The molecule has 0 radical (unpaired) electrons. The van der Waals surface area contributed by atoms with Gasteiger partial charge in [-0.05, 0) is 37.1 Å². The number of ether oxygens (including phenoxy) is 1. The number of benzene rings is 1. The van der Waals surface area contributed by atoms with Gasteiger partial charge in [-0.25, -0.2) is 4.79 Å². The summed E-state index contributed by atoms with van der Waals surface area (Å²) < 4.78 is 5.76. The van der Waals surface area contributed by atoms with E-state index in [1.54, 1.807) is 0 Å². The minimum Gasteiger partial charge on any atom is -0.491 e. The molecule has 1 aromatic carbocycles. The van der Waals surface area contributed by atoms with Gasteiger partial charge in [0.05, 0.1) is 6.04 Å². The Hall–Kier alpha value is -1.50. The van der Waals surface area contributed by atoms with Gasteiger partial charge in [0.1, 0.15) is 12.4 Å². The van der Waals surface area contributed by atoms with E-state index in [2.05, 4.69) is 15.5 Å². The van der Waals surface area contributed by atoms with Crippen LogP contribution in [0.15, 0.2) is 18.2 Å². The first kappa shape index (κ1) is 16.9. The highest BCUT2D eigenvalue weighted by molar-refractivity contribution is 6.30. The van der Waals surface area contributed by atoms with E-state index in [1.165, 1.54) is 6.42 Å². The number of piperazine rings is 1. The van der Waals surface area contributed by atoms with Gasteiger partial charge in [-0.15, -0.1) is 0 Å². The number of nitrogens with zero attached hydrogens (tertiary/aromatic N) is 2. The lowest BCUT2D eigenvalue weighted by atomic mass is 10.0. The van der Waals surface area contributed by atoms with Gasteiger partial charge in [0, 0.05) is 43.8 Å². The lowest BCUT2D eigenvalue weighted by Gasteiger charge is -2.38. The normalized spacial score (nSPS) is 26.8. The molecule has 2 atom stereocenters. The van der Waals surface area contributed by atoms with E-state index in [0.717, 1.165) is 57.0 Å². The first-order valence-corrected chi connectivity index (χ1v) is 9.48. The first-order valence-electron chi connectivity index (χ1n) is 9.10. The van der Waals surface area contributed by atoms with Crippen LogP contribution in [0.5, 0.6) is 5.75 Å². The van der Waals surface area contributed by atoms with Gasteiger partial charge in [-0.1, -0.05) is 17.7 Å². The number of amides is 2. The van der Waals surface area contributed by atoms with Crippen LogP contribution in [-0.4, -0.2) is 73.8 Å². The third kappa shape index (κ3) is 3.86. The highest BCUT2D eigenvalue weighted by Crippen LogP contribution is 2.28. The highest BCUT2D eigenvalue weighted by Gasteiger charge is 2.29. The van der Waals surface area contributed by atoms with Crippen LogP contribution in [0.2, 0.25) is 5.02 Å². The largest absolute Gasteiger partial charge is 0.491 e. The van der Waals surface area contributed by atoms with Gasteiger partial charge in [0.2, 0.25) is 0 Å². The first-order chi connectivity index (χ1) is 12.2. The summed E-state index contributed by atoms with van der Waals surface area (Å²) in [6.45, 7) is 6.19. The number of fused-ring (bicyclic) bond motifs is 1. The van der Waals surface area contributed by atoms with Crippen molar-refractivity contribution in [2.75, 3.05) is 45.9 Å². The molecule has 2 unspecified atom stereocenters. The maximum absolute atomic E-state index is 12.6. The topological polar surface area (TPSA) is 56.8 Å².